The molecule has 4 rings (SSSR count). The highest BCUT2D eigenvalue weighted by molar-refractivity contribution is 6.11. The highest BCUT2D eigenvalue weighted by atomic mass is 19.1. The first-order chi connectivity index (χ1) is 13.6. The van der Waals surface area contributed by atoms with Crippen LogP contribution in [0.4, 0.5) is 4.39 Å². The number of hydrogen-bond donors (Lipinski definition) is 3. The molecule has 3 aromatic carbocycles. The zero-order valence-electron chi connectivity index (χ0n) is 14.6. The molecule has 0 amide bonds. The highest BCUT2D eigenvalue weighted by Crippen LogP contribution is 2.36. The molecule has 3 N–H and O–H groups in total. The van der Waals surface area contributed by atoms with Crippen molar-refractivity contribution in [3.8, 4) is 11.5 Å². The summed E-state index contributed by atoms with van der Waals surface area (Å²) in [6, 6.07) is 18.0. The summed E-state index contributed by atoms with van der Waals surface area (Å²) >= 11 is 0. The van der Waals surface area contributed by atoms with Crippen LogP contribution in [-0.4, -0.2) is 32.0 Å². The lowest BCUT2D eigenvalue weighted by Crippen LogP contribution is -2.40. The van der Waals surface area contributed by atoms with Crippen molar-refractivity contribution in [2.24, 2.45) is 10.2 Å². The third-order valence-corrected chi connectivity index (χ3v) is 4.47. The first-order valence-electron chi connectivity index (χ1n) is 8.52. The maximum atomic E-state index is 14.3. The molecule has 1 heterocycles. The van der Waals surface area contributed by atoms with Gasteiger partial charge in [-0.15, -0.1) is 5.10 Å². The summed E-state index contributed by atoms with van der Waals surface area (Å²) in [6.45, 7) is 0. The van der Waals surface area contributed by atoms with Gasteiger partial charge in [-0.05, 0) is 24.3 Å². The third kappa shape index (κ3) is 3.08. The van der Waals surface area contributed by atoms with Crippen molar-refractivity contribution >= 4 is 11.5 Å². The number of hydrogen-bond acceptors (Lipinski definition) is 6. The van der Waals surface area contributed by atoms with E-state index in [0.29, 0.717) is 11.3 Å². The molecule has 0 aliphatic carbocycles. The van der Waals surface area contributed by atoms with Gasteiger partial charge in [0.25, 0.3) is 0 Å². The first-order valence-corrected chi connectivity index (χ1v) is 8.52. The second-order valence-corrected chi connectivity index (χ2v) is 6.24. The van der Waals surface area contributed by atoms with Crippen LogP contribution in [0.3, 0.4) is 0 Å². The summed E-state index contributed by atoms with van der Waals surface area (Å²) in [5.74, 6) is -1.01. The number of aromatic hydroxyl groups is 2. The number of halogens is 1. The van der Waals surface area contributed by atoms with Crippen molar-refractivity contribution in [3.63, 3.8) is 0 Å². The quantitative estimate of drug-likeness (QED) is 0.647. The summed E-state index contributed by atoms with van der Waals surface area (Å²) in [7, 11) is 0. The van der Waals surface area contributed by atoms with Crippen molar-refractivity contribution in [1.29, 1.82) is 0 Å². The van der Waals surface area contributed by atoms with Crippen LogP contribution in [0.2, 0.25) is 0 Å². The molecule has 28 heavy (non-hydrogen) atoms. The summed E-state index contributed by atoms with van der Waals surface area (Å²) in [5, 5.41) is 40.0. The van der Waals surface area contributed by atoms with Crippen LogP contribution >= 0.6 is 0 Å². The number of phenols is 2. The lowest BCUT2D eigenvalue weighted by atomic mass is 9.94. The van der Waals surface area contributed by atoms with E-state index in [4.69, 9.17) is 0 Å². The Kier molecular flexibility index (Phi) is 4.50. The number of hydroxylamine groups is 2. The van der Waals surface area contributed by atoms with Gasteiger partial charge in [0.05, 0.1) is 5.56 Å². The third-order valence-electron chi connectivity index (χ3n) is 4.47. The van der Waals surface area contributed by atoms with Gasteiger partial charge in [0.15, 0.2) is 5.84 Å². The molecule has 0 saturated heterocycles. The van der Waals surface area contributed by atoms with E-state index in [0.717, 1.165) is 5.06 Å². The minimum absolute atomic E-state index is 0.0733. The van der Waals surface area contributed by atoms with Gasteiger partial charge >= 0.3 is 0 Å². The fraction of sp³-hybridized carbons (Fsp3) is 0.0476. The van der Waals surface area contributed by atoms with Gasteiger partial charge in [-0.3, -0.25) is 5.21 Å². The standard InChI is InChI=1S/C21H16FN3O3/c22-17-9-5-4-8-15(17)21-24-23-19(13-6-2-1-3-7-13)20(25(21)28)16-11-10-14(26)12-18(16)27/h1-12,20,26-28H/t20-/m0/s1. The van der Waals surface area contributed by atoms with E-state index in [1.807, 2.05) is 18.2 Å². The minimum atomic E-state index is -0.963. The smallest absolute Gasteiger partial charge is 0.185 e. The lowest BCUT2D eigenvalue weighted by Gasteiger charge is -2.32. The average molecular weight is 377 g/mol. The van der Waals surface area contributed by atoms with E-state index < -0.39 is 11.9 Å². The Morgan fingerprint density at radius 3 is 2.29 bits per heavy atom. The SMILES string of the molecule is Oc1ccc([C@H]2C(c3ccccc3)=NN=C(c3ccccc3F)N2O)c(O)c1. The molecule has 0 bridgehead atoms. The molecule has 0 saturated carbocycles. The van der Waals surface area contributed by atoms with Gasteiger partial charge in [-0.1, -0.05) is 42.5 Å². The Bertz CT molecular complexity index is 1080. The normalized spacial score (nSPS) is 16.5. The van der Waals surface area contributed by atoms with Crippen LogP contribution in [0.1, 0.15) is 22.7 Å². The molecule has 1 aliphatic rings. The predicted octanol–water partition coefficient (Wildman–Crippen LogP) is 3.83. The van der Waals surface area contributed by atoms with Crippen molar-refractivity contribution in [2.75, 3.05) is 0 Å². The highest BCUT2D eigenvalue weighted by Gasteiger charge is 2.35. The van der Waals surface area contributed by atoms with Gasteiger partial charge < -0.3 is 10.2 Å². The zero-order chi connectivity index (χ0) is 19.7. The number of phenolic OH excluding ortho intramolecular Hbond substituents is 2. The van der Waals surface area contributed by atoms with Crippen LogP contribution in [0.15, 0.2) is 83.0 Å². The number of amidine groups is 1. The van der Waals surface area contributed by atoms with Crippen molar-refractivity contribution in [2.45, 2.75) is 6.04 Å². The molecule has 140 valence electrons. The number of nitrogens with zero attached hydrogens (tertiary/aromatic N) is 3. The Morgan fingerprint density at radius 1 is 0.857 bits per heavy atom. The maximum absolute atomic E-state index is 14.3. The van der Waals surface area contributed by atoms with Crippen LogP contribution in [0, 0.1) is 5.82 Å². The summed E-state index contributed by atoms with van der Waals surface area (Å²) in [5.41, 5.74) is 1.40. The number of benzene rings is 3. The number of rotatable bonds is 3. The lowest BCUT2D eigenvalue weighted by molar-refractivity contribution is -0.0354. The molecule has 0 aromatic heterocycles. The molecule has 1 aliphatic heterocycles. The van der Waals surface area contributed by atoms with Crippen molar-refractivity contribution < 1.29 is 19.8 Å². The van der Waals surface area contributed by atoms with Crippen LogP contribution < -0.4 is 0 Å². The van der Waals surface area contributed by atoms with Crippen LogP contribution in [-0.2, 0) is 0 Å². The minimum Gasteiger partial charge on any atom is -0.508 e. The molecular weight excluding hydrogens is 361 g/mol. The van der Waals surface area contributed by atoms with Gasteiger partial charge in [-0.25, -0.2) is 9.45 Å². The molecule has 0 spiro atoms. The van der Waals surface area contributed by atoms with Crippen molar-refractivity contribution in [1.82, 2.24) is 5.06 Å². The fourth-order valence-electron chi connectivity index (χ4n) is 3.13. The van der Waals surface area contributed by atoms with E-state index in [1.165, 1.54) is 36.4 Å². The van der Waals surface area contributed by atoms with Crippen molar-refractivity contribution in [3.05, 3.63) is 95.3 Å². The Morgan fingerprint density at radius 2 is 1.57 bits per heavy atom. The fourth-order valence-corrected chi connectivity index (χ4v) is 3.13. The Labute approximate surface area is 160 Å². The Hall–Kier alpha value is -3.71. The summed E-state index contributed by atoms with van der Waals surface area (Å²) in [4.78, 5) is 0. The van der Waals surface area contributed by atoms with Crippen LogP contribution in [0.5, 0.6) is 11.5 Å². The van der Waals surface area contributed by atoms with Crippen LogP contribution in [0.25, 0.3) is 0 Å². The van der Waals surface area contributed by atoms with E-state index in [1.54, 1.807) is 18.2 Å². The van der Waals surface area contributed by atoms with E-state index in [2.05, 4.69) is 10.2 Å². The molecule has 7 heteroatoms. The first kappa shape index (κ1) is 17.7. The summed E-state index contributed by atoms with van der Waals surface area (Å²) in [6.07, 6.45) is 0. The van der Waals surface area contributed by atoms with E-state index in [-0.39, 0.29) is 28.5 Å². The topological polar surface area (TPSA) is 88.7 Å². The molecule has 6 nitrogen and oxygen atoms in total. The van der Waals surface area contributed by atoms with Gasteiger partial charge in [-0.2, -0.15) is 5.10 Å². The van der Waals surface area contributed by atoms with E-state index >= 15 is 0 Å². The molecule has 3 aromatic rings. The molecule has 0 radical (unpaired) electrons. The second kappa shape index (κ2) is 7.13. The predicted molar refractivity (Wildman–Crippen MR) is 102 cm³/mol. The molecule has 0 unspecified atom stereocenters. The monoisotopic (exact) mass is 377 g/mol. The Balaban J connectivity index is 1.90. The largest absolute Gasteiger partial charge is 0.508 e. The van der Waals surface area contributed by atoms with Gasteiger partial charge in [0, 0.05) is 17.2 Å². The van der Waals surface area contributed by atoms with Gasteiger partial charge in [0.2, 0.25) is 0 Å². The molecule has 1 atom stereocenters. The summed E-state index contributed by atoms with van der Waals surface area (Å²) < 4.78 is 14.3. The van der Waals surface area contributed by atoms with Gasteiger partial charge in [0.1, 0.15) is 29.1 Å². The second-order valence-electron chi connectivity index (χ2n) is 6.24. The average Bonchev–Trinajstić information content (AvgIpc) is 2.70. The molecule has 0 fully saturated rings. The maximum Gasteiger partial charge on any atom is 0.185 e. The molecular formula is C21H16FN3O3. The zero-order valence-corrected chi connectivity index (χ0v) is 14.6. The van der Waals surface area contributed by atoms with E-state index in [9.17, 15) is 19.8 Å².